The lowest BCUT2D eigenvalue weighted by atomic mass is 9.99. The number of carbonyl (C=O) groups excluding carboxylic acids is 1. The molecular formula is C14H14FN5O. The molecule has 21 heavy (non-hydrogen) atoms. The fourth-order valence-electron chi connectivity index (χ4n) is 2.36. The number of rotatable bonds is 2. The van der Waals surface area contributed by atoms with E-state index in [1.807, 2.05) is 0 Å². The Kier molecular flexibility index (Phi) is 3.47. The largest absolute Gasteiger partial charge is 0.273 e. The van der Waals surface area contributed by atoms with Gasteiger partial charge >= 0.3 is 0 Å². The average molecular weight is 287 g/mol. The molecule has 1 aliphatic heterocycles. The summed E-state index contributed by atoms with van der Waals surface area (Å²) < 4.78 is 14.8. The predicted octanol–water partition coefficient (Wildman–Crippen LogP) is 1.61. The van der Waals surface area contributed by atoms with E-state index in [1.54, 1.807) is 23.1 Å². The molecule has 2 aromatic rings. The fraction of sp³-hybridized carbons (Fsp3) is 0.286. The van der Waals surface area contributed by atoms with Gasteiger partial charge in [0, 0.05) is 19.0 Å². The summed E-state index contributed by atoms with van der Waals surface area (Å²) in [5.41, 5.74) is 1.45. The van der Waals surface area contributed by atoms with E-state index in [0.717, 1.165) is 5.56 Å². The Bertz CT molecular complexity index is 665. The number of nitrogens with zero attached hydrogens (tertiary/aromatic N) is 5. The second-order valence-electron chi connectivity index (χ2n) is 4.81. The predicted molar refractivity (Wildman–Crippen MR) is 74.0 cm³/mol. The average Bonchev–Trinajstić information content (AvgIpc) is 3.01. The summed E-state index contributed by atoms with van der Waals surface area (Å²) in [5.74, 6) is -0.428. The summed E-state index contributed by atoms with van der Waals surface area (Å²) in [7, 11) is 0. The van der Waals surface area contributed by atoms with Crippen LogP contribution in [0.1, 0.15) is 24.9 Å². The first-order valence-electron chi connectivity index (χ1n) is 6.62. The van der Waals surface area contributed by atoms with Gasteiger partial charge in [-0.25, -0.2) is 19.1 Å². The van der Waals surface area contributed by atoms with Crippen LogP contribution in [0.25, 0.3) is 0 Å². The standard InChI is InChI=1S/C14H14FN5O/c1-10(21)19-7-6-13(20-9-16-8-17-20)14(18-19)11-2-4-12(15)5-3-11/h2-5,8-9,13H,6-7H2,1H3. The van der Waals surface area contributed by atoms with Gasteiger partial charge in [0.2, 0.25) is 5.91 Å². The molecule has 0 bridgehead atoms. The van der Waals surface area contributed by atoms with Crippen LogP contribution in [0.3, 0.4) is 0 Å². The van der Waals surface area contributed by atoms with Crippen molar-refractivity contribution in [1.82, 2.24) is 19.8 Å². The molecule has 1 atom stereocenters. The minimum absolute atomic E-state index is 0.117. The summed E-state index contributed by atoms with van der Waals surface area (Å²) in [6.45, 7) is 1.99. The van der Waals surface area contributed by atoms with Crippen molar-refractivity contribution in [3.63, 3.8) is 0 Å². The molecule has 0 aliphatic carbocycles. The van der Waals surface area contributed by atoms with E-state index in [4.69, 9.17) is 0 Å². The maximum Gasteiger partial charge on any atom is 0.239 e. The molecule has 0 N–H and O–H groups in total. The zero-order chi connectivity index (χ0) is 14.8. The molecular weight excluding hydrogens is 273 g/mol. The number of hydrogen-bond acceptors (Lipinski definition) is 4. The van der Waals surface area contributed by atoms with E-state index < -0.39 is 0 Å². The minimum atomic E-state index is -0.309. The number of carbonyl (C=O) groups is 1. The van der Waals surface area contributed by atoms with Crippen molar-refractivity contribution < 1.29 is 9.18 Å². The molecule has 2 heterocycles. The number of halogens is 1. The third-order valence-electron chi connectivity index (χ3n) is 3.42. The molecule has 1 aliphatic rings. The van der Waals surface area contributed by atoms with Crippen LogP contribution in [-0.4, -0.2) is 37.9 Å². The lowest BCUT2D eigenvalue weighted by Crippen LogP contribution is -2.36. The van der Waals surface area contributed by atoms with Crippen molar-refractivity contribution in [1.29, 1.82) is 0 Å². The molecule has 1 unspecified atom stereocenters. The van der Waals surface area contributed by atoms with Gasteiger partial charge < -0.3 is 0 Å². The Balaban J connectivity index is 2.03. The molecule has 0 saturated heterocycles. The van der Waals surface area contributed by atoms with E-state index in [2.05, 4.69) is 15.2 Å². The molecule has 1 aromatic heterocycles. The maximum atomic E-state index is 13.1. The van der Waals surface area contributed by atoms with Crippen molar-refractivity contribution in [3.8, 4) is 0 Å². The molecule has 0 spiro atoms. The molecule has 6 nitrogen and oxygen atoms in total. The topological polar surface area (TPSA) is 63.4 Å². The highest BCUT2D eigenvalue weighted by molar-refractivity contribution is 6.04. The fourth-order valence-corrected chi connectivity index (χ4v) is 2.36. The summed E-state index contributed by atoms with van der Waals surface area (Å²) in [4.78, 5) is 15.5. The molecule has 0 radical (unpaired) electrons. The molecule has 3 rings (SSSR count). The van der Waals surface area contributed by atoms with Gasteiger partial charge in [-0.05, 0) is 18.6 Å². The van der Waals surface area contributed by atoms with Gasteiger partial charge in [0.05, 0.1) is 11.8 Å². The van der Waals surface area contributed by atoms with Crippen LogP contribution < -0.4 is 0 Å². The van der Waals surface area contributed by atoms with Gasteiger partial charge in [-0.3, -0.25) is 4.79 Å². The van der Waals surface area contributed by atoms with Gasteiger partial charge in [0.15, 0.2) is 0 Å². The third-order valence-corrected chi connectivity index (χ3v) is 3.42. The van der Waals surface area contributed by atoms with Gasteiger partial charge in [0.25, 0.3) is 0 Å². The number of benzene rings is 1. The quantitative estimate of drug-likeness (QED) is 0.843. The molecule has 0 fully saturated rings. The second-order valence-corrected chi connectivity index (χ2v) is 4.81. The van der Waals surface area contributed by atoms with Crippen molar-refractivity contribution in [2.45, 2.75) is 19.4 Å². The maximum absolute atomic E-state index is 13.1. The van der Waals surface area contributed by atoms with Crippen molar-refractivity contribution in [2.24, 2.45) is 5.10 Å². The lowest BCUT2D eigenvalue weighted by molar-refractivity contribution is -0.129. The lowest BCUT2D eigenvalue weighted by Gasteiger charge is -2.29. The van der Waals surface area contributed by atoms with Gasteiger partial charge in [-0.15, -0.1) is 0 Å². The van der Waals surface area contributed by atoms with Crippen molar-refractivity contribution in [3.05, 3.63) is 48.3 Å². The molecule has 108 valence electrons. The highest BCUT2D eigenvalue weighted by Crippen LogP contribution is 2.24. The Hall–Kier alpha value is -2.57. The van der Waals surface area contributed by atoms with E-state index in [1.165, 1.54) is 30.4 Å². The number of hydrogen-bond donors (Lipinski definition) is 0. The van der Waals surface area contributed by atoms with Crippen LogP contribution in [0.4, 0.5) is 4.39 Å². The van der Waals surface area contributed by atoms with Crippen LogP contribution >= 0.6 is 0 Å². The van der Waals surface area contributed by atoms with Crippen LogP contribution in [-0.2, 0) is 4.79 Å². The molecule has 7 heteroatoms. The minimum Gasteiger partial charge on any atom is -0.273 e. The third kappa shape index (κ3) is 2.67. The SMILES string of the molecule is CC(=O)N1CCC(n2cncn2)C(c2ccc(F)cc2)=N1. The summed E-state index contributed by atoms with van der Waals surface area (Å²) in [6, 6.07) is 5.95. The van der Waals surface area contributed by atoms with E-state index in [-0.39, 0.29) is 17.8 Å². The smallest absolute Gasteiger partial charge is 0.239 e. The first kappa shape index (κ1) is 13.4. The van der Waals surface area contributed by atoms with Gasteiger partial charge in [-0.1, -0.05) is 12.1 Å². The Morgan fingerprint density at radius 1 is 1.33 bits per heavy atom. The van der Waals surface area contributed by atoms with Gasteiger partial charge in [0.1, 0.15) is 18.5 Å². The molecule has 1 aromatic carbocycles. The van der Waals surface area contributed by atoms with Crippen LogP contribution in [0.2, 0.25) is 0 Å². The van der Waals surface area contributed by atoms with Crippen LogP contribution in [0.15, 0.2) is 42.0 Å². The van der Waals surface area contributed by atoms with Crippen molar-refractivity contribution >= 4 is 11.6 Å². The van der Waals surface area contributed by atoms with E-state index in [9.17, 15) is 9.18 Å². The van der Waals surface area contributed by atoms with E-state index in [0.29, 0.717) is 18.7 Å². The number of aromatic nitrogens is 3. The summed E-state index contributed by atoms with van der Waals surface area (Å²) in [6.07, 6.45) is 3.76. The second kappa shape index (κ2) is 5.43. The van der Waals surface area contributed by atoms with E-state index >= 15 is 0 Å². The summed E-state index contributed by atoms with van der Waals surface area (Å²) >= 11 is 0. The Labute approximate surface area is 120 Å². The highest BCUT2D eigenvalue weighted by Gasteiger charge is 2.27. The Morgan fingerprint density at radius 3 is 2.71 bits per heavy atom. The first-order valence-corrected chi connectivity index (χ1v) is 6.62. The molecule has 1 amide bonds. The Morgan fingerprint density at radius 2 is 2.10 bits per heavy atom. The van der Waals surface area contributed by atoms with Crippen LogP contribution in [0, 0.1) is 5.82 Å². The monoisotopic (exact) mass is 287 g/mol. The number of hydrazone groups is 1. The normalized spacial score (nSPS) is 18.5. The number of amides is 1. The zero-order valence-corrected chi connectivity index (χ0v) is 11.5. The highest BCUT2D eigenvalue weighted by atomic mass is 19.1. The van der Waals surface area contributed by atoms with Gasteiger partial charge in [-0.2, -0.15) is 10.2 Å². The van der Waals surface area contributed by atoms with Crippen molar-refractivity contribution in [2.75, 3.05) is 6.54 Å². The molecule has 0 saturated carbocycles. The van der Waals surface area contributed by atoms with Crippen LogP contribution in [0.5, 0.6) is 0 Å². The zero-order valence-electron chi connectivity index (χ0n) is 11.5. The summed E-state index contributed by atoms with van der Waals surface area (Å²) in [5, 5.41) is 9.98. The first-order chi connectivity index (χ1) is 10.1.